The van der Waals surface area contributed by atoms with Crippen LogP contribution >= 0.6 is 0 Å². The number of likely N-dealkylation sites (tertiary alicyclic amines) is 1. The first kappa shape index (κ1) is 12.2. The van der Waals surface area contributed by atoms with E-state index in [9.17, 15) is 14.4 Å². The first-order chi connectivity index (χ1) is 9.66. The number of fused-ring (bicyclic) bond motifs is 3. The molecule has 1 aliphatic carbocycles. The third-order valence-electron chi connectivity index (χ3n) is 4.69. The van der Waals surface area contributed by atoms with Crippen molar-refractivity contribution in [3.8, 4) is 0 Å². The Labute approximate surface area is 115 Å². The Morgan fingerprint density at radius 3 is 2.35 bits per heavy atom. The van der Waals surface area contributed by atoms with Gasteiger partial charge in [0.25, 0.3) is 0 Å². The SMILES string of the molecule is O=C1C[C@@H](N2C(=O)[C@H]3CC=CC[C@H]3C2=O)[C@@H]2CO[C@H]1O2. The Hall–Kier alpha value is -1.53. The molecule has 6 heteroatoms. The molecule has 0 saturated carbocycles. The lowest BCUT2D eigenvalue weighted by Crippen LogP contribution is -2.52. The Kier molecular flexibility index (Phi) is 2.59. The van der Waals surface area contributed by atoms with Crippen LogP contribution in [0, 0.1) is 11.8 Å². The van der Waals surface area contributed by atoms with Crippen molar-refractivity contribution in [2.24, 2.45) is 11.8 Å². The summed E-state index contributed by atoms with van der Waals surface area (Å²) in [7, 11) is 0. The summed E-state index contributed by atoms with van der Waals surface area (Å²) in [5, 5.41) is 0. The molecule has 2 amide bonds. The van der Waals surface area contributed by atoms with Gasteiger partial charge in [-0.15, -0.1) is 0 Å². The Bertz CT molecular complexity index is 502. The van der Waals surface area contributed by atoms with Gasteiger partial charge in [-0.05, 0) is 12.8 Å². The molecular weight excluding hydrogens is 262 g/mol. The second kappa shape index (κ2) is 4.23. The fourth-order valence-corrected chi connectivity index (χ4v) is 3.63. The molecule has 0 unspecified atom stereocenters. The lowest BCUT2D eigenvalue weighted by molar-refractivity contribution is -0.163. The van der Waals surface area contributed by atoms with Crippen molar-refractivity contribution in [3.05, 3.63) is 12.2 Å². The summed E-state index contributed by atoms with van der Waals surface area (Å²) >= 11 is 0. The van der Waals surface area contributed by atoms with Crippen LogP contribution in [0.15, 0.2) is 12.2 Å². The van der Waals surface area contributed by atoms with Crippen LogP contribution in [-0.4, -0.2) is 47.5 Å². The highest BCUT2D eigenvalue weighted by molar-refractivity contribution is 6.06. The van der Waals surface area contributed by atoms with Crippen LogP contribution < -0.4 is 0 Å². The van der Waals surface area contributed by atoms with E-state index in [-0.39, 0.29) is 48.6 Å². The van der Waals surface area contributed by atoms with E-state index in [0.29, 0.717) is 12.8 Å². The predicted molar refractivity (Wildman–Crippen MR) is 65.2 cm³/mol. The van der Waals surface area contributed by atoms with Crippen LogP contribution in [-0.2, 0) is 23.9 Å². The summed E-state index contributed by atoms with van der Waals surface area (Å²) < 4.78 is 10.7. The second-order valence-corrected chi connectivity index (χ2v) is 5.78. The molecule has 0 N–H and O–H groups in total. The number of hydrogen-bond acceptors (Lipinski definition) is 5. The van der Waals surface area contributed by atoms with E-state index in [1.807, 2.05) is 12.2 Å². The minimum Gasteiger partial charge on any atom is -0.343 e. The van der Waals surface area contributed by atoms with Crippen molar-refractivity contribution in [3.63, 3.8) is 0 Å². The Balaban J connectivity index is 1.64. The van der Waals surface area contributed by atoms with Crippen LogP contribution in [0.4, 0.5) is 0 Å². The molecule has 106 valence electrons. The van der Waals surface area contributed by atoms with Crippen molar-refractivity contribution in [1.29, 1.82) is 0 Å². The molecule has 4 rings (SSSR count). The third kappa shape index (κ3) is 1.55. The summed E-state index contributed by atoms with van der Waals surface area (Å²) in [6.07, 6.45) is 4.11. The quantitative estimate of drug-likeness (QED) is 0.499. The number of allylic oxidation sites excluding steroid dienone is 2. The van der Waals surface area contributed by atoms with E-state index < -0.39 is 12.3 Å². The van der Waals surface area contributed by atoms with Gasteiger partial charge in [0.1, 0.15) is 6.10 Å². The second-order valence-electron chi connectivity index (χ2n) is 5.78. The fourth-order valence-electron chi connectivity index (χ4n) is 3.63. The monoisotopic (exact) mass is 277 g/mol. The van der Waals surface area contributed by atoms with E-state index in [2.05, 4.69) is 0 Å². The van der Waals surface area contributed by atoms with Gasteiger partial charge in [0.15, 0.2) is 5.78 Å². The van der Waals surface area contributed by atoms with E-state index >= 15 is 0 Å². The molecule has 5 atom stereocenters. The highest BCUT2D eigenvalue weighted by Crippen LogP contribution is 2.39. The smallest absolute Gasteiger partial charge is 0.233 e. The van der Waals surface area contributed by atoms with Gasteiger partial charge >= 0.3 is 0 Å². The molecule has 4 aliphatic rings. The molecule has 3 fully saturated rings. The minimum absolute atomic E-state index is 0.152. The maximum absolute atomic E-state index is 12.5. The molecule has 20 heavy (non-hydrogen) atoms. The van der Waals surface area contributed by atoms with Crippen molar-refractivity contribution >= 4 is 17.6 Å². The van der Waals surface area contributed by atoms with Crippen LogP contribution in [0.25, 0.3) is 0 Å². The number of Topliss-reactive ketones (excluding diaryl/α,β-unsaturated/α-hetero) is 1. The normalized spacial score (nSPS) is 43.3. The fraction of sp³-hybridized carbons (Fsp3) is 0.643. The number of ether oxygens (including phenoxy) is 2. The number of rotatable bonds is 1. The summed E-state index contributed by atoms with van der Waals surface area (Å²) in [5.41, 5.74) is 0. The van der Waals surface area contributed by atoms with Crippen molar-refractivity contribution < 1.29 is 23.9 Å². The van der Waals surface area contributed by atoms with Gasteiger partial charge in [-0.2, -0.15) is 0 Å². The average Bonchev–Trinajstić information content (AvgIpc) is 2.99. The maximum Gasteiger partial charge on any atom is 0.233 e. The van der Waals surface area contributed by atoms with Gasteiger partial charge in [-0.1, -0.05) is 12.2 Å². The Morgan fingerprint density at radius 1 is 1.05 bits per heavy atom. The van der Waals surface area contributed by atoms with Crippen LogP contribution in [0.3, 0.4) is 0 Å². The van der Waals surface area contributed by atoms with E-state index in [0.717, 1.165) is 0 Å². The zero-order chi connectivity index (χ0) is 13.9. The number of carbonyl (C=O) groups is 3. The van der Waals surface area contributed by atoms with E-state index in [1.54, 1.807) is 0 Å². The topological polar surface area (TPSA) is 72.9 Å². The number of amides is 2. The Morgan fingerprint density at radius 2 is 1.70 bits per heavy atom. The molecule has 0 aromatic heterocycles. The molecular formula is C14H15NO5. The highest BCUT2D eigenvalue weighted by atomic mass is 16.7. The number of hydrogen-bond donors (Lipinski definition) is 0. The van der Waals surface area contributed by atoms with Gasteiger partial charge in [0, 0.05) is 6.42 Å². The molecule has 0 radical (unpaired) electrons. The summed E-state index contributed by atoms with van der Waals surface area (Å²) in [4.78, 5) is 38.1. The number of ketones is 1. The summed E-state index contributed by atoms with van der Waals surface area (Å²) in [6, 6.07) is -0.494. The third-order valence-corrected chi connectivity index (χ3v) is 4.69. The molecule has 2 bridgehead atoms. The maximum atomic E-state index is 12.5. The molecule has 0 spiro atoms. The zero-order valence-electron chi connectivity index (χ0n) is 10.9. The van der Waals surface area contributed by atoms with Crippen LogP contribution in [0.2, 0.25) is 0 Å². The van der Waals surface area contributed by atoms with Crippen LogP contribution in [0.1, 0.15) is 19.3 Å². The van der Waals surface area contributed by atoms with Crippen molar-refractivity contribution in [2.75, 3.05) is 6.61 Å². The molecule has 3 heterocycles. The predicted octanol–water partition coefficient (Wildman–Crippen LogP) is 0.0205. The number of nitrogens with zero attached hydrogens (tertiary/aromatic N) is 1. The van der Waals surface area contributed by atoms with Crippen LogP contribution in [0.5, 0.6) is 0 Å². The summed E-state index contributed by atoms with van der Waals surface area (Å²) in [5.74, 6) is -1.02. The van der Waals surface area contributed by atoms with Gasteiger partial charge in [0.2, 0.25) is 18.1 Å². The minimum atomic E-state index is -0.798. The lowest BCUT2D eigenvalue weighted by atomic mass is 9.85. The van der Waals surface area contributed by atoms with E-state index in [1.165, 1.54) is 4.90 Å². The average molecular weight is 277 g/mol. The zero-order valence-corrected chi connectivity index (χ0v) is 10.9. The summed E-state index contributed by atoms with van der Waals surface area (Å²) in [6.45, 7) is 0.270. The molecule has 0 aromatic rings. The lowest BCUT2D eigenvalue weighted by Gasteiger charge is -2.32. The highest BCUT2D eigenvalue weighted by Gasteiger charge is 2.55. The number of imide groups is 1. The molecule has 3 aliphatic heterocycles. The van der Waals surface area contributed by atoms with Crippen molar-refractivity contribution in [2.45, 2.75) is 37.7 Å². The first-order valence-corrected chi connectivity index (χ1v) is 6.98. The largest absolute Gasteiger partial charge is 0.343 e. The van der Waals surface area contributed by atoms with Gasteiger partial charge < -0.3 is 9.47 Å². The standard InChI is InChI=1S/C14H15NO5/c16-10-5-9(11-6-19-14(10)20-11)15-12(17)7-3-1-2-4-8(7)13(15)18/h1-2,7-9,11,14H,3-6H2/t7-,8+,9-,11+,14+/m1/s1. The molecule has 6 nitrogen and oxygen atoms in total. The number of carbonyl (C=O) groups excluding carboxylic acids is 3. The molecule has 3 saturated heterocycles. The first-order valence-electron chi connectivity index (χ1n) is 6.98. The van der Waals surface area contributed by atoms with Gasteiger partial charge in [-0.25, -0.2) is 0 Å². The van der Waals surface area contributed by atoms with Gasteiger partial charge in [0.05, 0.1) is 24.5 Å². The molecule has 0 aromatic carbocycles. The van der Waals surface area contributed by atoms with E-state index in [4.69, 9.17) is 9.47 Å². The van der Waals surface area contributed by atoms with Gasteiger partial charge in [-0.3, -0.25) is 19.3 Å². The van der Waals surface area contributed by atoms with Crippen molar-refractivity contribution in [1.82, 2.24) is 4.90 Å².